The van der Waals surface area contributed by atoms with Crippen LogP contribution in [0.3, 0.4) is 0 Å². The maximum Gasteiger partial charge on any atom is 0.266 e. The smallest absolute Gasteiger partial charge is 0.266 e. The second-order valence-corrected chi connectivity index (χ2v) is 5.33. The third-order valence-corrected chi connectivity index (χ3v) is 3.91. The summed E-state index contributed by atoms with van der Waals surface area (Å²) in [5.41, 5.74) is 3.91. The highest BCUT2D eigenvalue weighted by molar-refractivity contribution is 5.77. The Morgan fingerprint density at radius 3 is 3.00 bits per heavy atom. The molecule has 1 aliphatic heterocycles. The van der Waals surface area contributed by atoms with Crippen LogP contribution in [-0.2, 0) is 20.0 Å². The Kier molecular flexibility index (Phi) is 2.57. The molecule has 0 unspecified atom stereocenters. The molecule has 3 heterocycles. The molecule has 0 saturated carbocycles. The molecule has 3 aromatic rings. The van der Waals surface area contributed by atoms with Gasteiger partial charge in [-0.3, -0.25) is 4.79 Å². The van der Waals surface area contributed by atoms with Crippen LogP contribution in [0.5, 0.6) is 0 Å². The van der Waals surface area contributed by atoms with Crippen LogP contribution in [0.2, 0.25) is 0 Å². The van der Waals surface area contributed by atoms with Crippen molar-refractivity contribution in [2.45, 2.75) is 13.0 Å². The van der Waals surface area contributed by atoms with E-state index in [2.05, 4.69) is 20.0 Å². The van der Waals surface area contributed by atoms with Crippen molar-refractivity contribution >= 4 is 17.0 Å². The number of benzene rings is 1. The summed E-state index contributed by atoms with van der Waals surface area (Å²) in [6.07, 6.45) is 0.820. The van der Waals surface area contributed by atoms with Crippen LogP contribution >= 0.6 is 0 Å². The number of H-pyrrole nitrogens is 1. The van der Waals surface area contributed by atoms with E-state index in [1.54, 1.807) is 13.1 Å². The van der Waals surface area contributed by atoms with Crippen LogP contribution in [-0.4, -0.2) is 26.3 Å². The van der Waals surface area contributed by atoms with E-state index in [9.17, 15) is 4.79 Å². The number of hydrogen-bond acceptors (Lipinski definition) is 4. The zero-order valence-corrected chi connectivity index (χ0v) is 11.7. The van der Waals surface area contributed by atoms with Crippen LogP contribution in [0.4, 0.5) is 5.95 Å². The first-order chi connectivity index (χ1) is 10.2. The van der Waals surface area contributed by atoms with Gasteiger partial charge in [-0.2, -0.15) is 5.10 Å². The van der Waals surface area contributed by atoms with Crippen LogP contribution in [0.15, 0.2) is 35.1 Å². The number of nitrogens with one attached hydrogen (secondary N) is 1. The monoisotopic (exact) mass is 281 g/mol. The van der Waals surface area contributed by atoms with Crippen molar-refractivity contribution in [1.29, 1.82) is 0 Å². The normalized spacial score (nSPS) is 14.4. The Morgan fingerprint density at radius 2 is 2.14 bits per heavy atom. The molecule has 0 spiro atoms. The van der Waals surface area contributed by atoms with Crippen LogP contribution in [0.25, 0.3) is 11.0 Å². The summed E-state index contributed by atoms with van der Waals surface area (Å²) in [6, 6.07) is 9.65. The first-order valence-electron chi connectivity index (χ1n) is 6.96. The Hall–Kier alpha value is -2.63. The largest absolute Gasteiger partial charge is 0.338 e. The minimum absolute atomic E-state index is 0.0693. The molecule has 6 nitrogen and oxygen atoms in total. The van der Waals surface area contributed by atoms with E-state index in [0.717, 1.165) is 41.2 Å². The fraction of sp³-hybridized carbons (Fsp3) is 0.267. The molecule has 0 fully saturated rings. The van der Waals surface area contributed by atoms with E-state index in [-0.39, 0.29) is 5.56 Å². The number of aromatic amines is 1. The maximum absolute atomic E-state index is 11.7. The van der Waals surface area contributed by atoms with Gasteiger partial charge >= 0.3 is 0 Å². The average molecular weight is 281 g/mol. The molecule has 2 aromatic heterocycles. The second-order valence-electron chi connectivity index (χ2n) is 5.33. The van der Waals surface area contributed by atoms with Gasteiger partial charge < -0.3 is 9.88 Å². The lowest BCUT2D eigenvalue weighted by molar-refractivity contribution is 0.620. The molecule has 6 heteroatoms. The van der Waals surface area contributed by atoms with E-state index in [0.29, 0.717) is 6.54 Å². The third kappa shape index (κ3) is 1.99. The standard InChI is InChI=1S/C15H15N5O/c1-19-14(21)8-10-9-20(7-6-11(10)18-19)15-16-12-4-2-3-5-13(12)17-15/h2-5,8H,6-7,9H2,1H3,(H,16,17). The van der Waals surface area contributed by atoms with E-state index in [4.69, 9.17) is 0 Å². The van der Waals surface area contributed by atoms with Crippen molar-refractivity contribution < 1.29 is 0 Å². The predicted octanol–water partition coefficient (Wildman–Crippen LogP) is 1.22. The number of rotatable bonds is 1. The molecule has 0 bridgehead atoms. The third-order valence-electron chi connectivity index (χ3n) is 3.91. The number of aromatic nitrogens is 4. The highest BCUT2D eigenvalue weighted by atomic mass is 16.1. The van der Waals surface area contributed by atoms with E-state index in [1.807, 2.05) is 24.3 Å². The Bertz CT molecular complexity index is 846. The summed E-state index contributed by atoms with van der Waals surface area (Å²) in [5, 5.41) is 4.33. The molecule has 4 rings (SSSR count). The van der Waals surface area contributed by atoms with Crippen molar-refractivity contribution in [2.75, 3.05) is 11.4 Å². The molecular formula is C15H15N5O. The zero-order chi connectivity index (χ0) is 14.4. The Morgan fingerprint density at radius 1 is 1.29 bits per heavy atom. The first-order valence-corrected chi connectivity index (χ1v) is 6.96. The summed E-state index contributed by atoms with van der Waals surface area (Å²) >= 11 is 0. The maximum atomic E-state index is 11.7. The Balaban J connectivity index is 1.71. The number of para-hydroxylation sites is 2. The summed E-state index contributed by atoms with van der Waals surface area (Å²) in [5.74, 6) is 0.850. The lowest BCUT2D eigenvalue weighted by Gasteiger charge is -2.27. The first kappa shape index (κ1) is 12.1. The van der Waals surface area contributed by atoms with E-state index < -0.39 is 0 Å². The molecule has 106 valence electrons. The van der Waals surface area contributed by atoms with Gasteiger partial charge in [-0.1, -0.05) is 12.1 Å². The topological polar surface area (TPSA) is 66.8 Å². The van der Waals surface area contributed by atoms with E-state index in [1.165, 1.54) is 4.68 Å². The van der Waals surface area contributed by atoms with Crippen molar-refractivity contribution in [3.05, 3.63) is 51.9 Å². The van der Waals surface area contributed by atoms with Crippen molar-refractivity contribution in [3.8, 4) is 0 Å². The van der Waals surface area contributed by atoms with Gasteiger partial charge in [-0.25, -0.2) is 9.67 Å². The molecule has 1 aliphatic rings. The molecule has 0 saturated heterocycles. The van der Waals surface area contributed by atoms with Gasteiger partial charge in [0.1, 0.15) is 0 Å². The zero-order valence-electron chi connectivity index (χ0n) is 11.7. The number of fused-ring (bicyclic) bond motifs is 2. The summed E-state index contributed by atoms with van der Waals surface area (Å²) in [7, 11) is 1.69. The molecular weight excluding hydrogens is 266 g/mol. The molecule has 21 heavy (non-hydrogen) atoms. The minimum Gasteiger partial charge on any atom is -0.338 e. The highest BCUT2D eigenvalue weighted by Gasteiger charge is 2.21. The van der Waals surface area contributed by atoms with Crippen molar-refractivity contribution in [3.63, 3.8) is 0 Å². The molecule has 1 aromatic carbocycles. The summed E-state index contributed by atoms with van der Waals surface area (Å²) in [6.45, 7) is 1.51. The quantitative estimate of drug-likeness (QED) is 0.728. The lowest BCUT2D eigenvalue weighted by Crippen LogP contribution is -2.34. The van der Waals surface area contributed by atoms with Gasteiger partial charge in [0.25, 0.3) is 5.56 Å². The summed E-state index contributed by atoms with van der Waals surface area (Å²) < 4.78 is 1.40. The van der Waals surface area contributed by atoms with Crippen molar-refractivity contribution in [2.24, 2.45) is 7.05 Å². The van der Waals surface area contributed by atoms with Crippen LogP contribution < -0.4 is 10.5 Å². The fourth-order valence-electron chi connectivity index (χ4n) is 2.76. The highest BCUT2D eigenvalue weighted by Crippen LogP contribution is 2.22. The second kappa shape index (κ2) is 4.44. The lowest BCUT2D eigenvalue weighted by atomic mass is 10.1. The van der Waals surface area contributed by atoms with Gasteiger partial charge in [0.15, 0.2) is 0 Å². The number of hydrogen-bond donors (Lipinski definition) is 1. The van der Waals surface area contributed by atoms with Gasteiger partial charge in [-0.05, 0) is 12.1 Å². The number of nitrogens with zero attached hydrogens (tertiary/aromatic N) is 4. The molecule has 0 radical (unpaired) electrons. The molecule has 0 atom stereocenters. The van der Waals surface area contributed by atoms with Gasteiger partial charge in [0, 0.05) is 38.2 Å². The number of aryl methyl sites for hydroxylation is 1. The number of anilines is 1. The SMILES string of the molecule is Cn1nc2c(cc1=O)CN(c1nc3ccccc3[nH]1)CC2. The molecule has 1 N–H and O–H groups in total. The predicted molar refractivity (Wildman–Crippen MR) is 80.3 cm³/mol. The van der Waals surface area contributed by atoms with Crippen LogP contribution in [0.1, 0.15) is 11.3 Å². The summed E-state index contributed by atoms with van der Waals surface area (Å²) in [4.78, 5) is 21.8. The van der Waals surface area contributed by atoms with Gasteiger partial charge in [0.05, 0.1) is 16.7 Å². The van der Waals surface area contributed by atoms with Crippen LogP contribution in [0, 0.1) is 0 Å². The molecule has 0 amide bonds. The van der Waals surface area contributed by atoms with Gasteiger partial charge in [-0.15, -0.1) is 0 Å². The fourth-order valence-corrected chi connectivity index (χ4v) is 2.76. The number of imidazole rings is 1. The van der Waals surface area contributed by atoms with Crippen molar-refractivity contribution in [1.82, 2.24) is 19.7 Å². The average Bonchev–Trinajstić information content (AvgIpc) is 2.92. The minimum atomic E-state index is -0.0693. The molecule has 0 aliphatic carbocycles. The van der Waals surface area contributed by atoms with E-state index >= 15 is 0 Å². The van der Waals surface area contributed by atoms with Gasteiger partial charge in [0.2, 0.25) is 5.95 Å². The Labute approximate surface area is 121 Å².